The third-order valence-electron chi connectivity index (χ3n) is 5.75. The molecule has 0 unspecified atom stereocenters. The van der Waals surface area contributed by atoms with E-state index in [1.54, 1.807) is 18.9 Å². The summed E-state index contributed by atoms with van der Waals surface area (Å²) in [5.74, 6) is -0.655. The molecular formula is C21H28N2O4. The summed E-state index contributed by atoms with van der Waals surface area (Å²) in [5, 5.41) is 0. The molecule has 3 rings (SSSR count). The number of amides is 2. The molecule has 2 amide bonds. The minimum atomic E-state index is -0.371. The van der Waals surface area contributed by atoms with Crippen molar-refractivity contribution in [3.05, 3.63) is 35.4 Å². The summed E-state index contributed by atoms with van der Waals surface area (Å²) in [7, 11) is 1.77. The van der Waals surface area contributed by atoms with E-state index in [-0.39, 0.29) is 42.1 Å². The zero-order valence-electron chi connectivity index (χ0n) is 16.3. The molecule has 2 aliphatic heterocycles. The van der Waals surface area contributed by atoms with Crippen LogP contribution in [0, 0.1) is 18.8 Å². The molecule has 2 fully saturated rings. The molecule has 2 heterocycles. The monoisotopic (exact) mass is 372 g/mol. The Hall–Kier alpha value is -2.37. The van der Waals surface area contributed by atoms with E-state index in [0.717, 1.165) is 11.1 Å². The molecule has 6 nitrogen and oxygen atoms in total. The number of piperidine rings is 1. The van der Waals surface area contributed by atoms with Crippen LogP contribution in [0.5, 0.6) is 0 Å². The van der Waals surface area contributed by atoms with Gasteiger partial charge in [-0.3, -0.25) is 14.4 Å². The normalized spacial score (nSPS) is 23.6. The molecule has 1 aromatic carbocycles. The minimum Gasteiger partial charge on any atom is -0.466 e. The van der Waals surface area contributed by atoms with Crippen LogP contribution in [0.4, 0.5) is 0 Å². The number of benzene rings is 1. The Balaban J connectivity index is 1.70. The molecule has 0 bridgehead atoms. The van der Waals surface area contributed by atoms with Crippen LogP contribution in [0.15, 0.2) is 24.3 Å². The Bertz CT molecular complexity index is 707. The van der Waals surface area contributed by atoms with Crippen LogP contribution < -0.4 is 0 Å². The van der Waals surface area contributed by atoms with E-state index in [4.69, 9.17) is 4.74 Å². The van der Waals surface area contributed by atoms with Gasteiger partial charge in [-0.1, -0.05) is 29.8 Å². The maximum atomic E-state index is 13.2. The number of likely N-dealkylation sites (tertiary alicyclic amines) is 2. The highest BCUT2D eigenvalue weighted by molar-refractivity contribution is 5.90. The number of nitrogens with zero attached hydrogens (tertiary/aromatic N) is 2. The molecule has 0 saturated carbocycles. The highest BCUT2D eigenvalue weighted by Crippen LogP contribution is 2.38. The zero-order valence-corrected chi connectivity index (χ0v) is 16.3. The number of rotatable bonds is 4. The van der Waals surface area contributed by atoms with Gasteiger partial charge >= 0.3 is 5.97 Å². The maximum absolute atomic E-state index is 13.2. The molecular weight excluding hydrogens is 344 g/mol. The number of hydrogen-bond acceptors (Lipinski definition) is 4. The van der Waals surface area contributed by atoms with Crippen molar-refractivity contribution < 1.29 is 19.1 Å². The molecule has 6 heteroatoms. The van der Waals surface area contributed by atoms with Crippen molar-refractivity contribution in [3.63, 3.8) is 0 Å². The fourth-order valence-electron chi connectivity index (χ4n) is 4.14. The molecule has 0 aliphatic carbocycles. The number of carbonyl (C=O) groups is 3. The van der Waals surface area contributed by atoms with Crippen LogP contribution in [0.3, 0.4) is 0 Å². The largest absolute Gasteiger partial charge is 0.466 e. The predicted molar refractivity (Wildman–Crippen MR) is 101 cm³/mol. The number of esters is 1. The first kappa shape index (κ1) is 19.4. The molecule has 0 spiro atoms. The summed E-state index contributed by atoms with van der Waals surface area (Å²) in [5.41, 5.74) is 2.14. The lowest BCUT2D eigenvalue weighted by Gasteiger charge is -2.34. The molecule has 1 aromatic rings. The minimum absolute atomic E-state index is 0.000310. The summed E-state index contributed by atoms with van der Waals surface area (Å²) in [6.45, 7) is 5.28. The van der Waals surface area contributed by atoms with Gasteiger partial charge in [-0.15, -0.1) is 0 Å². The lowest BCUT2D eigenvalue weighted by Crippen LogP contribution is -2.44. The van der Waals surface area contributed by atoms with Gasteiger partial charge < -0.3 is 14.5 Å². The summed E-state index contributed by atoms with van der Waals surface area (Å²) >= 11 is 0. The summed E-state index contributed by atoms with van der Waals surface area (Å²) in [6, 6.07) is 7.80. The van der Waals surface area contributed by atoms with Gasteiger partial charge in [0.2, 0.25) is 11.8 Å². The van der Waals surface area contributed by atoms with Gasteiger partial charge in [0, 0.05) is 26.6 Å². The third kappa shape index (κ3) is 3.99. The lowest BCUT2D eigenvalue weighted by molar-refractivity contribution is -0.152. The van der Waals surface area contributed by atoms with E-state index in [9.17, 15) is 14.4 Å². The topological polar surface area (TPSA) is 66.9 Å². The molecule has 146 valence electrons. The molecule has 0 N–H and O–H groups in total. The fourth-order valence-corrected chi connectivity index (χ4v) is 4.14. The number of hydrogen-bond donors (Lipinski definition) is 0. The van der Waals surface area contributed by atoms with E-state index in [0.29, 0.717) is 32.5 Å². The van der Waals surface area contributed by atoms with Crippen LogP contribution in [0.25, 0.3) is 0 Å². The van der Waals surface area contributed by atoms with Crippen molar-refractivity contribution >= 4 is 17.8 Å². The van der Waals surface area contributed by atoms with Crippen LogP contribution in [-0.4, -0.2) is 54.3 Å². The van der Waals surface area contributed by atoms with E-state index in [1.807, 2.05) is 36.1 Å². The van der Waals surface area contributed by atoms with E-state index < -0.39 is 0 Å². The number of aryl methyl sites for hydroxylation is 1. The average Bonchev–Trinajstić information content (AvgIpc) is 2.97. The van der Waals surface area contributed by atoms with Crippen LogP contribution in [0.1, 0.15) is 43.4 Å². The first-order valence-electron chi connectivity index (χ1n) is 9.70. The quantitative estimate of drug-likeness (QED) is 0.761. The predicted octanol–water partition coefficient (Wildman–Crippen LogP) is 2.32. The van der Waals surface area contributed by atoms with Crippen molar-refractivity contribution in [2.75, 3.05) is 26.7 Å². The molecule has 0 aromatic heterocycles. The molecule has 0 radical (unpaired) electrons. The van der Waals surface area contributed by atoms with Crippen molar-refractivity contribution in [2.24, 2.45) is 11.8 Å². The van der Waals surface area contributed by atoms with Crippen molar-refractivity contribution in [2.45, 2.75) is 39.2 Å². The standard InChI is InChI=1S/C21H28N2O4/c1-4-27-21(26)16-9-11-23(12-10-16)20(25)17-13-18(24)22(3)19(17)15-7-5-14(2)6-8-15/h5-8,16-17,19H,4,9-13H2,1-3H3/t17-,19-/m0/s1. The second-order valence-electron chi connectivity index (χ2n) is 7.52. The van der Waals surface area contributed by atoms with E-state index in [1.165, 1.54) is 0 Å². The molecule has 2 saturated heterocycles. The number of carbonyl (C=O) groups excluding carboxylic acids is 3. The Kier molecular flexibility index (Phi) is 5.82. The number of ether oxygens (including phenoxy) is 1. The molecule has 2 atom stereocenters. The first-order valence-corrected chi connectivity index (χ1v) is 9.70. The lowest BCUT2D eigenvalue weighted by atomic mass is 9.90. The summed E-state index contributed by atoms with van der Waals surface area (Å²) in [4.78, 5) is 40.9. The third-order valence-corrected chi connectivity index (χ3v) is 5.75. The molecule has 27 heavy (non-hydrogen) atoms. The Morgan fingerprint density at radius 3 is 2.37 bits per heavy atom. The van der Waals surface area contributed by atoms with Gasteiger partial charge in [0.05, 0.1) is 24.5 Å². The van der Waals surface area contributed by atoms with Gasteiger partial charge in [0.1, 0.15) is 0 Å². The zero-order chi connectivity index (χ0) is 19.6. The summed E-state index contributed by atoms with van der Waals surface area (Å²) < 4.78 is 5.10. The van der Waals surface area contributed by atoms with Crippen molar-refractivity contribution in [1.82, 2.24) is 9.80 Å². The van der Waals surface area contributed by atoms with E-state index >= 15 is 0 Å². The van der Waals surface area contributed by atoms with Gasteiger partial charge in [-0.2, -0.15) is 0 Å². The van der Waals surface area contributed by atoms with Crippen molar-refractivity contribution in [1.29, 1.82) is 0 Å². The fraction of sp³-hybridized carbons (Fsp3) is 0.571. The SMILES string of the molecule is CCOC(=O)C1CCN(C(=O)[C@H]2CC(=O)N(C)[C@H]2c2ccc(C)cc2)CC1. The van der Waals surface area contributed by atoms with Gasteiger partial charge in [0.15, 0.2) is 0 Å². The highest BCUT2D eigenvalue weighted by Gasteiger charge is 2.44. The van der Waals surface area contributed by atoms with Crippen LogP contribution in [-0.2, 0) is 19.1 Å². The smallest absolute Gasteiger partial charge is 0.309 e. The first-order chi connectivity index (χ1) is 12.9. The van der Waals surface area contributed by atoms with Gasteiger partial charge in [-0.05, 0) is 32.3 Å². The van der Waals surface area contributed by atoms with E-state index in [2.05, 4.69) is 0 Å². The van der Waals surface area contributed by atoms with Crippen molar-refractivity contribution in [3.8, 4) is 0 Å². The summed E-state index contributed by atoms with van der Waals surface area (Å²) in [6.07, 6.45) is 1.48. The molecule has 2 aliphatic rings. The second kappa shape index (κ2) is 8.11. The van der Waals surface area contributed by atoms with Crippen LogP contribution >= 0.6 is 0 Å². The Morgan fingerprint density at radius 1 is 1.15 bits per heavy atom. The van der Waals surface area contributed by atoms with Gasteiger partial charge in [0.25, 0.3) is 0 Å². The van der Waals surface area contributed by atoms with Gasteiger partial charge in [-0.25, -0.2) is 0 Å². The Morgan fingerprint density at radius 2 is 1.78 bits per heavy atom. The average molecular weight is 372 g/mol. The Labute approximate surface area is 160 Å². The van der Waals surface area contributed by atoms with Crippen LogP contribution in [0.2, 0.25) is 0 Å². The highest BCUT2D eigenvalue weighted by atomic mass is 16.5. The maximum Gasteiger partial charge on any atom is 0.309 e. The second-order valence-corrected chi connectivity index (χ2v) is 7.52.